The molecule has 22 heavy (non-hydrogen) atoms. The van der Waals surface area contributed by atoms with Crippen LogP contribution in [0.3, 0.4) is 0 Å². The van der Waals surface area contributed by atoms with Crippen molar-refractivity contribution in [1.29, 1.82) is 0 Å². The third-order valence-electron chi connectivity index (χ3n) is 5.54. The van der Waals surface area contributed by atoms with Gasteiger partial charge in [-0.25, -0.2) is 4.79 Å². The molecule has 1 amide bonds. The lowest BCUT2D eigenvalue weighted by molar-refractivity contribution is -0.137. The van der Waals surface area contributed by atoms with E-state index in [0.717, 1.165) is 25.9 Å². The second kappa shape index (κ2) is 7.16. The maximum Gasteiger partial charge on any atom is 0.414 e. The Bertz CT molecular complexity index is 418. The van der Waals surface area contributed by atoms with Gasteiger partial charge in [0.2, 0.25) is 0 Å². The molecule has 2 bridgehead atoms. The van der Waals surface area contributed by atoms with Crippen molar-refractivity contribution in [2.45, 2.75) is 39.5 Å². The first kappa shape index (κ1) is 16.8. The molecule has 0 aromatic heterocycles. The number of carboxylic acids is 1. The quantitative estimate of drug-likeness (QED) is 0.791. The fourth-order valence-corrected chi connectivity index (χ4v) is 4.52. The zero-order valence-electron chi connectivity index (χ0n) is 13.5. The summed E-state index contributed by atoms with van der Waals surface area (Å²) in [6, 6.07) is 0. The van der Waals surface area contributed by atoms with Crippen molar-refractivity contribution in [3.63, 3.8) is 0 Å². The number of likely N-dealkylation sites (tertiary alicyclic amines) is 1. The number of nitrogens with zero attached hydrogens (tertiary/aromatic N) is 1. The number of carboxylic acid groups (broad SMARTS) is 1. The second-order valence-electron chi connectivity index (χ2n) is 6.92. The van der Waals surface area contributed by atoms with Crippen LogP contribution in [0.5, 0.6) is 0 Å². The Kier molecular flexibility index (Phi) is 5.48. The van der Waals surface area contributed by atoms with Crippen LogP contribution < -0.4 is 0 Å². The lowest BCUT2D eigenvalue weighted by Gasteiger charge is -2.52. The predicted octanol–water partition coefficient (Wildman–Crippen LogP) is 3.36. The van der Waals surface area contributed by atoms with Crippen molar-refractivity contribution < 1.29 is 19.4 Å². The first-order chi connectivity index (χ1) is 10.4. The summed E-state index contributed by atoms with van der Waals surface area (Å²) < 4.78 is 4.94. The van der Waals surface area contributed by atoms with Gasteiger partial charge in [-0.1, -0.05) is 20.4 Å². The van der Waals surface area contributed by atoms with E-state index in [4.69, 9.17) is 9.84 Å². The van der Waals surface area contributed by atoms with Gasteiger partial charge in [-0.3, -0.25) is 4.79 Å². The Morgan fingerprint density at radius 3 is 2.36 bits per heavy atom. The molecule has 1 saturated carbocycles. The van der Waals surface area contributed by atoms with Gasteiger partial charge >= 0.3 is 12.1 Å². The lowest BCUT2D eigenvalue weighted by atomic mass is 9.59. The van der Waals surface area contributed by atoms with Gasteiger partial charge in [0.15, 0.2) is 0 Å². The van der Waals surface area contributed by atoms with Gasteiger partial charge in [0.05, 0.1) is 6.26 Å². The molecule has 5 heteroatoms. The molecule has 1 heterocycles. The molecular formula is C17H27NO4. The molecule has 1 aliphatic carbocycles. The lowest BCUT2D eigenvalue weighted by Crippen LogP contribution is -2.55. The average molecular weight is 309 g/mol. The minimum absolute atomic E-state index is 0.237. The van der Waals surface area contributed by atoms with Crippen LogP contribution in [0.4, 0.5) is 4.79 Å². The molecular weight excluding hydrogens is 282 g/mol. The van der Waals surface area contributed by atoms with E-state index < -0.39 is 5.97 Å². The van der Waals surface area contributed by atoms with Crippen molar-refractivity contribution in [2.75, 3.05) is 13.1 Å². The van der Waals surface area contributed by atoms with Crippen LogP contribution in [0.25, 0.3) is 0 Å². The first-order valence-electron chi connectivity index (χ1n) is 8.22. The smallest absolute Gasteiger partial charge is 0.414 e. The van der Waals surface area contributed by atoms with Gasteiger partial charge in [0.1, 0.15) is 0 Å². The van der Waals surface area contributed by atoms with Gasteiger partial charge < -0.3 is 14.7 Å². The molecule has 2 unspecified atom stereocenters. The summed E-state index contributed by atoms with van der Waals surface area (Å²) in [4.78, 5) is 24.6. The van der Waals surface area contributed by atoms with Gasteiger partial charge in [-0.15, -0.1) is 0 Å². The second-order valence-corrected chi connectivity index (χ2v) is 6.92. The molecule has 1 aliphatic heterocycles. The standard InChI is InChI=1S/C17H27NO4/c1-4-22-17(21)18-9-14-11(2)8-12(3)15(10-18)13(14)6-5-7-16(19)20/h4,11-15H,1,5-10H2,2-3H3,(H,19,20)/t11-,12-,13?,14?,15?/m1/s1. The zero-order valence-corrected chi connectivity index (χ0v) is 13.5. The predicted molar refractivity (Wildman–Crippen MR) is 83.2 cm³/mol. The summed E-state index contributed by atoms with van der Waals surface area (Å²) in [5, 5.41) is 8.84. The summed E-state index contributed by atoms with van der Waals surface area (Å²) in [5.41, 5.74) is 0. The molecule has 4 atom stereocenters. The van der Waals surface area contributed by atoms with Crippen molar-refractivity contribution in [2.24, 2.45) is 29.6 Å². The molecule has 0 aromatic carbocycles. The van der Waals surface area contributed by atoms with Gasteiger partial charge in [0.25, 0.3) is 0 Å². The van der Waals surface area contributed by atoms with E-state index in [2.05, 4.69) is 20.4 Å². The number of ether oxygens (including phenoxy) is 1. The summed E-state index contributed by atoms with van der Waals surface area (Å²) >= 11 is 0. The number of carbonyl (C=O) groups excluding carboxylic acids is 1. The largest absolute Gasteiger partial charge is 0.481 e. The Balaban J connectivity index is 2.07. The number of carbonyl (C=O) groups is 2. The van der Waals surface area contributed by atoms with E-state index in [1.165, 1.54) is 12.7 Å². The minimum atomic E-state index is -0.724. The molecule has 2 fully saturated rings. The highest BCUT2D eigenvalue weighted by Gasteiger charge is 2.46. The minimum Gasteiger partial charge on any atom is -0.481 e. The van der Waals surface area contributed by atoms with Crippen LogP contribution >= 0.6 is 0 Å². The van der Waals surface area contributed by atoms with Crippen LogP contribution in [0.2, 0.25) is 0 Å². The fraction of sp³-hybridized carbons (Fsp3) is 0.765. The highest BCUT2D eigenvalue weighted by molar-refractivity contribution is 5.68. The molecule has 2 rings (SSSR count). The monoisotopic (exact) mass is 309 g/mol. The van der Waals surface area contributed by atoms with Gasteiger partial charge in [0, 0.05) is 19.5 Å². The van der Waals surface area contributed by atoms with E-state index in [-0.39, 0.29) is 12.5 Å². The highest BCUT2D eigenvalue weighted by Crippen LogP contribution is 2.48. The maximum absolute atomic E-state index is 12.0. The third kappa shape index (κ3) is 3.62. The van der Waals surface area contributed by atoms with E-state index in [9.17, 15) is 9.59 Å². The molecule has 1 N–H and O–H groups in total. The normalized spacial score (nSPS) is 34.1. The molecule has 124 valence electrons. The van der Waals surface area contributed by atoms with Crippen LogP contribution in [-0.2, 0) is 9.53 Å². The molecule has 5 nitrogen and oxygen atoms in total. The van der Waals surface area contributed by atoms with Crippen LogP contribution in [0, 0.1) is 29.6 Å². The summed E-state index contributed by atoms with van der Waals surface area (Å²) in [6.07, 6.45) is 3.97. The molecule has 2 aliphatic rings. The van der Waals surface area contributed by atoms with Crippen LogP contribution in [0.15, 0.2) is 12.8 Å². The first-order valence-corrected chi connectivity index (χ1v) is 8.22. The number of amides is 1. The highest BCUT2D eigenvalue weighted by atomic mass is 16.5. The Morgan fingerprint density at radius 2 is 1.86 bits per heavy atom. The molecule has 0 aromatic rings. The Labute approximate surface area is 132 Å². The molecule has 0 spiro atoms. The Morgan fingerprint density at radius 1 is 1.27 bits per heavy atom. The summed E-state index contributed by atoms with van der Waals surface area (Å²) in [5.74, 6) is 1.80. The van der Waals surface area contributed by atoms with Crippen molar-refractivity contribution in [3.05, 3.63) is 12.8 Å². The van der Waals surface area contributed by atoms with Crippen molar-refractivity contribution in [3.8, 4) is 0 Å². The number of hydrogen-bond acceptors (Lipinski definition) is 3. The topological polar surface area (TPSA) is 66.8 Å². The number of aliphatic carboxylic acids is 1. The van der Waals surface area contributed by atoms with Crippen LogP contribution in [0.1, 0.15) is 39.5 Å². The third-order valence-corrected chi connectivity index (χ3v) is 5.54. The number of piperidine rings is 1. The number of hydrogen-bond donors (Lipinski definition) is 1. The van der Waals surface area contributed by atoms with E-state index in [1.54, 1.807) is 4.90 Å². The van der Waals surface area contributed by atoms with E-state index in [0.29, 0.717) is 29.6 Å². The zero-order chi connectivity index (χ0) is 16.3. The summed E-state index contributed by atoms with van der Waals surface area (Å²) in [6.45, 7) is 9.39. The molecule has 1 saturated heterocycles. The fourth-order valence-electron chi connectivity index (χ4n) is 4.52. The molecule has 0 radical (unpaired) electrons. The van der Waals surface area contributed by atoms with Crippen molar-refractivity contribution >= 4 is 12.1 Å². The van der Waals surface area contributed by atoms with Crippen molar-refractivity contribution in [1.82, 2.24) is 4.90 Å². The summed E-state index contributed by atoms with van der Waals surface area (Å²) in [7, 11) is 0. The number of fused-ring (bicyclic) bond motifs is 2. The average Bonchev–Trinajstić information content (AvgIpc) is 2.45. The van der Waals surface area contributed by atoms with Gasteiger partial charge in [-0.05, 0) is 48.9 Å². The maximum atomic E-state index is 12.0. The Hall–Kier alpha value is -1.52. The van der Waals surface area contributed by atoms with Crippen LogP contribution in [-0.4, -0.2) is 35.2 Å². The SMILES string of the molecule is C=COC(=O)N1CC2C(CCCC(=O)O)C(C1)[C@H](C)C[C@H]2C. The van der Waals surface area contributed by atoms with E-state index >= 15 is 0 Å². The number of rotatable bonds is 5. The van der Waals surface area contributed by atoms with Gasteiger partial charge in [-0.2, -0.15) is 0 Å². The van der Waals surface area contributed by atoms with E-state index in [1.807, 2.05) is 0 Å².